The lowest BCUT2D eigenvalue weighted by Crippen LogP contribution is -2.50. The number of nitrogens with zero attached hydrogens (tertiary/aromatic N) is 1. The zero-order chi connectivity index (χ0) is 14.4. The molecule has 1 aliphatic heterocycles. The molecule has 1 saturated heterocycles. The van der Waals surface area contributed by atoms with E-state index in [0.29, 0.717) is 26.4 Å². The number of amides is 2. The summed E-state index contributed by atoms with van der Waals surface area (Å²) in [6.45, 7) is 1.67. The fraction of sp³-hybridized carbons (Fsp3) is 0.846. The number of urea groups is 1. The second-order valence-corrected chi connectivity index (χ2v) is 5.21. The smallest absolute Gasteiger partial charge is 0.323 e. The predicted molar refractivity (Wildman–Crippen MR) is 70.6 cm³/mol. The molecule has 0 aromatic carbocycles. The molecule has 2 aliphatic rings. The van der Waals surface area contributed by atoms with Crippen LogP contribution in [0.1, 0.15) is 25.7 Å². The molecule has 114 valence electrons. The maximum atomic E-state index is 12.2. The quantitative estimate of drug-likeness (QED) is 0.765. The number of aliphatic carboxylic acids is 1. The average molecular weight is 286 g/mol. The number of hydrogen-bond donors (Lipinski definition) is 2. The van der Waals surface area contributed by atoms with Gasteiger partial charge in [0.1, 0.15) is 6.54 Å². The van der Waals surface area contributed by atoms with Crippen LogP contribution in [0.25, 0.3) is 0 Å². The highest BCUT2D eigenvalue weighted by atomic mass is 16.6. The molecule has 1 unspecified atom stereocenters. The van der Waals surface area contributed by atoms with Crippen molar-refractivity contribution in [3.05, 3.63) is 0 Å². The first-order chi connectivity index (χ1) is 9.66. The largest absolute Gasteiger partial charge is 0.480 e. The number of nitrogens with one attached hydrogen (secondary N) is 1. The molecule has 0 aromatic rings. The van der Waals surface area contributed by atoms with E-state index in [1.54, 1.807) is 0 Å². The van der Waals surface area contributed by atoms with Gasteiger partial charge in [-0.05, 0) is 12.8 Å². The molecule has 2 fully saturated rings. The molecule has 1 heterocycles. The van der Waals surface area contributed by atoms with Crippen LogP contribution in [0.5, 0.6) is 0 Å². The number of hydrogen-bond acceptors (Lipinski definition) is 4. The summed E-state index contributed by atoms with van der Waals surface area (Å²) in [5, 5.41) is 11.7. The maximum absolute atomic E-state index is 12.2. The molecule has 2 amide bonds. The van der Waals surface area contributed by atoms with E-state index in [1.165, 1.54) is 4.90 Å². The molecule has 0 bridgehead atoms. The number of carboxylic acid groups (broad SMARTS) is 1. The number of carbonyl (C=O) groups excluding carboxylic acids is 1. The molecule has 2 N–H and O–H groups in total. The lowest BCUT2D eigenvalue weighted by atomic mass is 10.2. The van der Waals surface area contributed by atoms with Gasteiger partial charge in [0.15, 0.2) is 0 Å². The minimum atomic E-state index is -0.982. The van der Waals surface area contributed by atoms with Gasteiger partial charge in [-0.15, -0.1) is 0 Å². The molecular formula is C13H22N2O5. The van der Waals surface area contributed by atoms with Crippen molar-refractivity contribution >= 4 is 12.0 Å². The van der Waals surface area contributed by atoms with Crippen LogP contribution in [-0.4, -0.2) is 67.1 Å². The minimum absolute atomic E-state index is 0.0367. The Kier molecular flexibility index (Phi) is 5.60. The zero-order valence-electron chi connectivity index (χ0n) is 11.5. The Morgan fingerprint density at radius 2 is 2.00 bits per heavy atom. The highest BCUT2D eigenvalue weighted by molar-refractivity contribution is 5.80. The van der Waals surface area contributed by atoms with Crippen molar-refractivity contribution in [1.29, 1.82) is 0 Å². The molecule has 1 aliphatic carbocycles. The zero-order valence-corrected chi connectivity index (χ0v) is 11.5. The van der Waals surface area contributed by atoms with E-state index in [0.717, 1.165) is 25.7 Å². The van der Waals surface area contributed by atoms with Crippen LogP contribution in [0.15, 0.2) is 0 Å². The summed E-state index contributed by atoms with van der Waals surface area (Å²) in [5.41, 5.74) is 0. The molecule has 2 rings (SSSR count). The van der Waals surface area contributed by atoms with E-state index in [1.807, 2.05) is 0 Å². The molecule has 7 heteroatoms. The number of carboxylic acids is 1. The van der Waals surface area contributed by atoms with Crippen LogP contribution in [0, 0.1) is 0 Å². The van der Waals surface area contributed by atoms with E-state index in [-0.39, 0.29) is 24.7 Å². The number of carbonyl (C=O) groups is 2. The normalized spacial score (nSPS) is 23.5. The second kappa shape index (κ2) is 7.44. The SMILES string of the molecule is O=C(O)CN(C(=O)NCC1COCCO1)C1CCCC1. The van der Waals surface area contributed by atoms with E-state index in [4.69, 9.17) is 14.6 Å². The van der Waals surface area contributed by atoms with Gasteiger partial charge >= 0.3 is 12.0 Å². The third kappa shape index (κ3) is 4.35. The molecule has 20 heavy (non-hydrogen) atoms. The van der Waals surface area contributed by atoms with Crippen molar-refractivity contribution in [2.24, 2.45) is 0 Å². The van der Waals surface area contributed by atoms with Crippen molar-refractivity contribution < 1.29 is 24.2 Å². The molecule has 1 atom stereocenters. The molecule has 1 saturated carbocycles. The highest BCUT2D eigenvalue weighted by Gasteiger charge is 2.28. The Hall–Kier alpha value is -1.34. The van der Waals surface area contributed by atoms with Crippen molar-refractivity contribution in [3.8, 4) is 0 Å². The van der Waals surface area contributed by atoms with E-state index >= 15 is 0 Å². The summed E-state index contributed by atoms with van der Waals surface area (Å²) in [4.78, 5) is 24.5. The van der Waals surface area contributed by atoms with E-state index in [9.17, 15) is 9.59 Å². The van der Waals surface area contributed by atoms with Crippen LogP contribution in [-0.2, 0) is 14.3 Å². The number of ether oxygens (including phenoxy) is 2. The maximum Gasteiger partial charge on any atom is 0.323 e. The fourth-order valence-corrected chi connectivity index (χ4v) is 2.69. The lowest BCUT2D eigenvalue weighted by molar-refractivity contribution is -0.138. The van der Waals surface area contributed by atoms with Crippen LogP contribution in [0.4, 0.5) is 4.79 Å². The van der Waals surface area contributed by atoms with Crippen molar-refractivity contribution in [2.45, 2.75) is 37.8 Å². The van der Waals surface area contributed by atoms with Crippen molar-refractivity contribution in [1.82, 2.24) is 10.2 Å². The molecule has 0 radical (unpaired) electrons. The van der Waals surface area contributed by atoms with Gasteiger partial charge in [-0.2, -0.15) is 0 Å². The van der Waals surface area contributed by atoms with E-state index < -0.39 is 5.97 Å². The number of rotatable bonds is 5. The van der Waals surface area contributed by atoms with Gasteiger partial charge in [0, 0.05) is 12.6 Å². The summed E-state index contributed by atoms with van der Waals surface area (Å²) in [7, 11) is 0. The second-order valence-electron chi connectivity index (χ2n) is 5.21. The summed E-state index contributed by atoms with van der Waals surface area (Å²) >= 11 is 0. The van der Waals surface area contributed by atoms with Gasteiger partial charge in [0.05, 0.1) is 25.9 Å². The third-order valence-electron chi connectivity index (χ3n) is 3.70. The standard InChI is InChI=1S/C13H22N2O5/c16-12(17)8-15(10-3-1-2-4-10)13(18)14-7-11-9-19-5-6-20-11/h10-11H,1-9H2,(H,14,18)(H,16,17). The molecule has 0 aromatic heterocycles. The average Bonchev–Trinajstić information content (AvgIpc) is 2.97. The summed E-state index contributed by atoms with van der Waals surface area (Å²) in [6.07, 6.45) is 3.71. The first kappa shape index (κ1) is 15.1. The van der Waals surface area contributed by atoms with Gasteiger partial charge < -0.3 is 24.8 Å². The lowest BCUT2D eigenvalue weighted by Gasteiger charge is -2.29. The first-order valence-electron chi connectivity index (χ1n) is 7.12. The molecule has 7 nitrogen and oxygen atoms in total. The monoisotopic (exact) mass is 286 g/mol. The topological polar surface area (TPSA) is 88.1 Å². The first-order valence-corrected chi connectivity index (χ1v) is 7.12. The van der Waals surface area contributed by atoms with Crippen molar-refractivity contribution in [3.63, 3.8) is 0 Å². The van der Waals surface area contributed by atoms with Gasteiger partial charge in [-0.25, -0.2) is 4.79 Å². The van der Waals surface area contributed by atoms with Crippen LogP contribution < -0.4 is 5.32 Å². The van der Waals surface area contributed by atoms with Gasteiger partial charge in [0.25, 0.3) is 0 Å². The van der Waals surface area contributed by atoms with Crippen LogP contribution >= 0.6 is 0 Å². The summed E-state index contributed by atoms with van der Waals surface area (Å²) < 4.78 is 10.7. The summed E-state index contributed by atoms with van der Waals surface area (Å²) in [6, 6.07) is -0.289. The molecular weight excluding hydrogens is 264 g/mol. The Morgan fingerprint density at radius 3 is 2.60 bits per heavy atom. The third-order valence-corrected chi connectivity index (χ3v) is 3.70. The molecule has 0 spiro atoms. The Balaban J connectivity index is 1.83. The van der Waals surface area contributed by atoms with Crippen LogP contribution in [0.2, 0.25) is 0 Å². The fourth-order valence-electron chi connectivity index (χ4n) is 2.69. The summed E-state index contributed by atoms with van der Waals surface area (Å²) in [5.74, 6) is -0.982. The van der Waals surface area contributed by atoms with Crippen molar-refractivity contribution in [2.75, 3.05) is 32.9 Å². The van der Waals surface area contributed by atoms with Gasteiger partial charge in [-0.1, -0.05) is 12.8 Å². The Labute approximate surface area is 118 Å². The van der Waals surface area contributed by atoms with Gasteiger partial charge in [-0.3, -0.25) is 4.79 Å². The van der Waals surface area contributed by atoms with Gasteiger partial charge in [0.2, 0.25) is 0 Å². The highest BCUT2D eigenvalue weighted by Crippen LogP contribution is 2.23. The van der Waals surface area contributed by atoms with E-state index in [2.05, 4.69) is 5.32 Å². The minimum Gasteiger partial charge on any atom is -0.480 e. The van der Waals surface area contributed by atoms with Crippen LogP contribution in [0.3, 0.4) is 0 Å². The predicted octanol–water partition coefficient (Wildman–Crippen LogP) is 0.441. The Morgan fingerprint density at radius 1 is 1.25 bits per heavy atom. The Bertz CT molecular complexity index is 338.